The van der Waals surface area contributed by atoms with Crippen molar-refractivity contribution in [2.24, 2.45) is 5.92 Å². The number of aromatic nitrogens is 1. The number of nitrogens with zero attached hydrogens (tertiary/aromatic N) is 2. The molecular weight excluding hydrogens is 392 g/mol. The van der Waals surface area contributed by atoms with E-state index in [4.69, 9.17) is 0 Å². The predicted octanol–water partition coefficient (Wildman–Crippen LogP) is 3.47. The highest BCUT2D eigenvalue weighted by atomic mass is 32.2. The van der Waals surface area contributed by atoms with Gasteiger partial charge in [-0.1, -0.05) is 23.1 Å². The van der Waals surface area contributed by atoms with E-state index < -0.39 is 0 Å². The quantitative estimate of drug-likeness (QED) is 0.781. The summed E-state index contributed by atoms with van der Waals surface area (Å²) in [6, 6.07) is 8.27. The van der Waals surface area contributed by atoms with E-state index in [2.05, 4.69) is 27.4 Å². The van der Waals surface area contributed by atoms with Crippen LogP contribution < -0.4 is 10.6 Å². The van der Waals surface area contributed by atoms with Gasteiger partial charge in [0.1, 0.15) is 5.00 Å². The lowest BCUT2D eigenvalue weighted by molar-refractivity contribution is -0.114. The fourth-order valence-electron chi connectivity index (χ4n) is 4.09. The van der Waals surface area contributed by atoms with E-state index in [9.17, 15) is 9.59 Å². The fraction of sp³-hybridized carbons (Fsp3) is 0.450. The summed E-state index contributed by atoms with van der Waals surface area (Å²) in [7, 11) is 0. The molecule has 8 heteroatoms. The molecule has 1 aromatic carbocycles. The lowest BCUT2D eigenvalue weighted by atomic mass is 9.79. The Morgan fingerprint density at radius 3 is 2.57 bits per heavy atom. The van der Waals surface area contributed by atoms with E-state index in [1.165, 1.54) is 42.9 Å². The maximum atomic E-state index is 12.7. The third-order valence-corrected chi connectivity index (χ3v) is 7.58. The highest BCUT2D eigenvalue weighted by Gasteiger charge is 2.40. The van der Waals surface area contributed by atoms with Crippen LogP contribution >= 0.6 is 23.1 Å². The third kappa shape index (κ3) is 4.24. The topological polar surface area (TPSA) is 74.3 Å². The summed E-state index contributed by atoms with van der Waals surface area (Å²) < 4.78 is 0.849. The summed E-state index contributed by atoms with van der Waals surface area (Å²) in [5.41, 5.74) is 0.686. The number of amides is 2. The van der Waals surface area contributed by atoms with Crippen LogP contribution in [0.25, 0.3) is 0 Å². The van der Waals surface area contributed by atoms with Crippen LogP contribution in [0.2, 0.25) is 0 Å². The van der Waals surface area contributed by atoms with Crippen molar-refractivity contribution in [1.82, 2.24) is 15.2 Å². The molecule has 28 heavy (non-hydrogen) atoms. The van der Waals surface area contributed by atoms with E-state index in [1.54, 1.807) is 6.20 Å². The van der Waals surface area contributed by atoms with Crippen LogP contribution in [-0.2, 0) is 4.79 Å². The number of hydrogen-bond acceptors (Lipinski definition) is 6. The molecule has 1 aromatic heterocycles. The molecule has 5 rings (SSSR count). The molecule has 0 saturated carbocycles. The average molecular weight is 417 g/mol. The van der Waals surface area contributed by atoms with Crippen LogP contribution in [0.4, 0.5) is 5.00 Å². The molecule has 0 spiro atoms. The highest BCUT2D eigenvalue weighted by molar-refractivity contribution is 8.01. The first-order valence-corrected chi connectivity index (χ1v) is 11.2. The Morgan fingerprint density at radius 1 is 1.21 bits per heavy atom. The van der Waals surface area contributed by atoms with Gasteiger partial charge in [-0.3, -0.25) is 14.5 Å². The van der Waals surface area contributed by atoms with Gasteiger partial charge in [0.2, 0.25) is 5.91 Å². The number of carbonyl (C=O) groups excluding carboxylic acids is 2. The number of fused-ring (bicyclic) bond motifs is 3. The molecule has 2 bridgehead atoms. The number of thiazole rings is 1. The highest BCUT2D eigenvalue weighted by Crippen LogP contribution is 2.34. The lowest BCUT2D eigenvalue weighted by Gasteiger charge is -2.49. The van der Waals surface area contributed by atoms with Crippen LogP contribution in [0, 0.1) is 5.92 Å². The number of piperidine rings is 3. The Morgan fingerprint density at radius 2 is 1.93 bits per heavy atom. The van der Waals surface area contributed by atoms with E-state index in [1.807, 2.05) is 24.3 Å². The maximum absolute atomic E-state index is 12.7. The number of nitrogens with one attached hydrogen (secondary N) is 2. The van der Waals surface area contributed by atoms with Crippen LogP contribution in [0.15, 0.2) is 39.7 Å². The first-order chi connectivity index (χ1) is 13.5. The Bertz CT molecular complexity index is 857. The molecule has 4 heterocycles. The van der Waals surface area contributed by atoms with Gasteiger partial charge in [0.15, 0.2) is 4.34 Å². The zero-order valence-electron chi connectivity index (χ0n) is 16.0. The Labute approximate surface area is 173 Å². The zero-order chi connectivity index (χ0) is 19.7. The Balaban J connectivity index is 1.37. The number of anilines is 1. The summed E-state index contributed by atoms with van der Waals surface area (Å²) in [6.07, 6.45) is 4.02. The Hall–Kier alpha value is -1.90. The molecule has 0 unspecified atom stereocenters. The summed E-state index contributed by atoms with van der Waals surface area (Å²) in [5.74, 6) is 0.499. The van der Waals surface area contributed by atoms with Crippen molar-refractivity contribution < 1.29 is 9.59 Å². The fourth-order valence-corrected chi connectivity index (χ4v) is 5.99. The van der Waals surface area contributed by atoms with E-state index >= 15 is 0 Å². The molecule has 0 aliphatic carbocycles. The summed E-state index contributed by atoms with van der Waals surface area (Å²) in [4.78, 5) is 31.6. The average Bonchev–Trinajstić information content (AvgIpc) is 3.11. The van der Waals surface area contributed by atoms with Gasteiger partial charge in [0, 0.05) is 29.5 Å². The summed E-state index contributed by atoms with van der Waals surface area (Å²) in [6.45, 7) is 6.02. The van der Waals surface area contributed by atoms with Crippen molar-refractivity contribution >= 4 is 39.9 Å². The molecule has 2 N–H and O–H groups in total. The van der Waals surface area contributed by atoms with Gasteiger partial charge >= 0.3 is 0 Å². The van der Waals surface area contributed by atoms with Gasteiger partial charge in [0.05, 0.1) is 6.20 Å². The van der Waals surface area contributed by atoms with Crippen molar-refractivity contribution in [3.05, 3.63) is 36.0 Å². The van der Waals surface area contributed by atoms with Crippen molar-refractivity contribution in [2.45, 2.75) is 48.0 Å². The molecule has 0 radical (unpaired) electrons. The zero-order valence-corrected chi connectivity index (χ0v) is 17.6. The SMILES string of the molecule is CC(=O)Nc1cnc(Sc2ccc(C(=O)N[C@@H]3C4CCN(CC4)[C@@H]3C)cc2)s1. The van der Waals surface area contributed by atoms with Gasteiger partial charge in [-0.25, -0.2) is 4.98 Å². The van der Waals surface area contributed by atoms with Crippen LogP contribution in [0.5, 0.6) is 0 Å². The second kappa shape index (κ2) is 8.23. The van der Waals surface area contributed by atoms with E-state index in [0.29, 0.717) is 17.5 Å². The number of rotatable bonds is 5. The summed E-state index contributed by atoms with van der Waals surface area (Å²) >= 11 is 2.95. The van der Waals surface area contributed by atoms with Gasteiger partial charge in [0.25, 0.3) is 5.91 Å². The van der Waals surface area contributed by atoms with Crippen molar-refractivity contribution in [3.8, 4) is 0 Å². The predicted molar refractivity (Wildman–Crippen MR) is 112 cm³/mol. The van der Waals surface area contributed by atoms with Gasteiger partial charge in [-0.2, -0.15) is 0 Å². The maximum Gasteiger partial charge on any atom is 0.251 e. The molecule has 2 atom stereocenters. The van der Waals surface area contributed by atoms with Crippen LogP contribution in [0.1, 0.15) is 37.0 Å². The first-order valence-electron chi connectivity index (χ1n) is 9.56. The van der Waals surface area contributed by atoms with E-state index in [-0.39, 0.29) is 17.9 Å². The molecular formula is C20H24N4O2S2. The van der Waals surface area contributed by atoms with Gasteiger partial charge in [-0.15, -0.1) is 0 Å². The van der Waals surface area contributed by atoms with E-state index in [0.717, 1.165) is 27.3 Å². The monoisotopic (exact) mass is 416 g/mol. The minimum atomic E-state index is -0.104. The first kappa shape index (κ1) is 19.4. The second-order valence-electron chi connectivity index (χ2n) is 7.41. The number of carbonyl (C=O) groups is 2. The van der Waals surface area contributed by atoms with Gasteiger partial charge < -0.3 is 10.6 Å². The second-order valence-corrected chi connectivity index (χ2v) is 9.76. The largest absolute Gasteiger partial charge is 0.347 e. The van der Waals surface area contributed by atoms with Crippen LogP contribution in [-0.4, -0.2) is 46.9 Å². The normalized spacial score (nSPS) is 26.1. The molecule has 3 fully saturated rings. The molecule has 6 nitrogen and oxygen atoms in total. The number of hydrogen-bond donors (Lipinski definition) is 2. The van der Waals surface area contributed by atoms with Crippen LogP contribution in [0.3, 0.4) is 0 Å². The lowest BCUT2D eigenvalue weighted by Crippen LogP contribution is -2.62. The van der Waals surface area contributed by atoms with Crippen molar-refractivity contribution in [2.75, 3.05) is 18.4 Å². The standard InChI is InChI=1S/C20H24N4O2S2/c1-12-18(14-7-9-24(12)10-8-14)23-19(26)15-3-5-16(6-4-15)27-20-21-11-17(28-20)22-13(2)25/h3-6,11-12,14,18H,7-10H2,1-2H3,(H,22,25)(H,23,26)/t12-,18+/m1/s1. The molecule has 2 amide bonds. The number of benzene rings is 1. The minimum Gasteiger partial charge on any atom is -0.347 e. The summed E-state index contributed by atoms with van der Waals surface area (Å²) in [5, 5.41) is 6.74. The van der Waals surface area contributed by atoms with Crippen molar-refractivity contribution in [1.29, 1.82) is 0 Å². The molecule has 3 aliphatic heterocycles. The Kier molecular flexibility index (Phi) is 5.70. The molecule has 3 aliphatic rings. The molecule has 148 valence electrons. The molecule has 3 saturated heterocycles. The van der Waals surface area contributed by atoms with Gasteiger partial charge in [-0.05, 0) is 63.0 Å². The third-order valence-electron chi connectivity index (χ3n) is 5.58. The smallest absolute Gasteiger partial charge is 0.251 e. The van der Waals surface area contributed by atoms with Crippen molar-refractivity contribution in [3.63, 3.8) is 0 Å². The minimum absolute atomic E-state index is 0.00402. The molecule has 2 aromatic rings.